The van der Waals surface area contributed by atoms with Crippen molar-refractivity contribution < 1.29 is 14.5 Å². The van der Waals surface area contributed by atoms with E-state index < -0.39 is 4.92 Å². The van der Waals surface area contributed by atoms with Crippen LogP contribution in [0.25, 0.3) is 5.69 Å². The molecule has 3 rings (SSSR count). The Hall–Kier alpha value is -3.68. The van der Waals surface area contributed by atoms with E-state index >= 15 is 0 Å². The number of ether oxygens (including phenoxy) is 1. The molecule has 3 aromatic rings. The predicted octanol–water partition coefficient (Wildman–Crippen LogP) is 4.88. The summed E-state index contributed by atoms with van der Waals surface area (Å²) in [6.45, 7) is 10.2. The highest BCUT2D eigenvalue weighted by Crippen LogP contribution is 2.35. The van der Waals surface area contributed by atoms with E-state index in [0.717, 1.165) is 16.8 Å². The van der Waals surface area contributed by atoms with Crippen LogP contribution in [0, 0.1) is 36.8 Å². The molecular formula is C23H26N4O4. The zero-order valence-corrected chi connectivity index (χ0v) is 18.3. The number of aromatic nitrogens is 2. The van der Waals surface area contributed by atoms with Crippen molar-refractivity contribution in [2.75, 3.05) is 6.54 Å². The van der Waals surface area contributed by atoms with Gasteiger partial charge in [-0.1, -0.05) is 38.1 Å². The van der Waals surface area contributed by atoms with Gasteiger partial charge in [0.1, 0.15) is 0 Å². The van der Waals surface area contributed by atoms with Crippen LogP contribution in [0.2, 0.25) is 0 Å². The number of carbonyl (C=O) groups is 1. The molecule has 0 fully saturated rings. The van der Waals surface area contributed by atoms with Crippen molar-refractivity contribution in [2.24, 2.45) is 5.92 Å². The van der Waals surface area contributed by atoms with Crippen molar-refractivity contribution >= 4 is 11.6 Å². The highest BCUT2D eigenvalue weighted by atomic mass is 16.6. The first-order valence-electron chi connectivity index (χ1n) is 10.1. The molecule has 0 unspecified atom stereocenters. The number of para-hydroxylation sites is 2. The van der Waals surface area contributed by atoms with Gasteiger partial charge >= 0.3 is 5.69 Å². The van der Waals surface area contributed by atoms with Gasteiger partial charge in [-0.2, -0.15) is 9.78 Å². The molecular weight excluding hydrogens is 396 g/mol. The molecule has 0 aliphatic rings. The fourth-order valence-corrected chi connectivity index (χ4v) is 3.12. The van der Waals surface area contributed by atoms with Gasteiger partial charge in [0.25, 0.3) is 5.91 Å². The molecule has 1 amide bonds. The van der Waals surface area contributed by atoms with Gasteiger partial charge in [-0.05, 0) is 49.9 Å². The first kappa shape index (κ1) is 22.0. The average Bonchev–Trinajstić information content (AvgIpc) is 3.04. The maximum Gasteiger partial charge on any atom is 0.311 e. The quantitative estimate of drug-likeness (QED) is 0.432. The molecule has 2 aromatic carbocycles. The Bertz CT molecular complexity index is 1130. The largest absolute Gasteiger partial charge is 0.431 e. The van der Waals surface area contributed by atoms with Crippen molar-refractivity contribution in [1.82, 2.24) is 15.1 Å². The third-order valence-corrected chi connectivity index (χ3v) is 5.03. The summed E-state index contributed by atoms with van der Waals surface area (Å²) in [5, 5.41) is 18.9. The molecule has 0 bridgehead atoms. The smallest absolute Gasteiger partial charge is 0.311 e. The van der Waals surface area contributed by atoms with E-state index in [1.807, 2.05) is 45.9 Å². The minimum atomic E-state index is -0.500. The van der Waals surface area contributed by atoms with Crippen molar-refractivity contribution in [2.45, 2.75) is 34.6 Å². The van der Waals surface area contributed by atoms with E-state index in [2.05, 4.69) is 10.4 Å². The van der Waals surface area contributed by atoms with Crippen LogP contribution in [-0.4, -0.2) is 27.2 Å². The van der Waals surface area contributed by atoms with E-state index in [1.165, 1.54) is 12.1 Å². The third kappa shape index (κ3) is 4.58. The SMILES string of the molecule is Cc1cccc(-n2nc(C(=O)NCC(C)C)c(C)c2Oc2ccccc2[N+](=O)[O-])c1C. The normalized spacial score (nSPS) is 10.9. The monoisotopic (exact) mass is 422 g/mol. The van der Waals surface area contributed by atoms with Gasteiger partial charge in [0, 0.05) is 18.2 Å². The molecule has 1 heterocycles. The Labute approximate surface area is 181 Å². The van der Waals surface area contributed by atoms with E-state index in [4.69, 9.17) is 4.74 Å². The van der Waals surface area contributed by atoms with Crippen LogP contribution < -0.4 is 10.1 Å². The summed E-state index contributed by atoms with van der Waals surface area (Å²) in [5.41, 5.74) is 3.30. The molecule has 0 radical (unpaired) electrons. The van der Waals surface area contributed by atoms with Crippen molar-refractivity contribution in [3.8, 4) is 17.3 Å². The lowest BCUT2D eigenvalue weighted by molar-refractivity contribution is -0.385. The van der Waals surface area contributed by atoms with Gasteiger partial charge in [-0.15, -0.1) is 0 Å². The Morgan fingerprint density at radius 3 is 2.52 bits per heavy atom. The zero-order valence-electron chi connectivity index (χ0n) is 18.3. The second kappa shape index (κ2) is 8.99. The first-order valence-corrected chi connectivity index (χ1v) is 10.1. The number of amides is 1. The summed E-state index contributed by atoms with van der Waals surface area (Å²) in [5.74, 6) is 0.310. The molecule has 31 heavy (non-hydrogen) atoms. The number of nitro groups is 1. The number of nitro benzene ring substituents is 1. The summed E-state index contributed by atoms with van der Waals surface area (Å²) in [6.07, 6.45) is 0. The number of hydrogen-bond acceptors (Lipinski definition) is 5. The van der Waals surface area contributed by atoms with E-state index in [1.54, 1.807) is 23.7 Å². The topological polar surface area (TPSA) is 99.3 Å². The number of benzene rings is 2. The van der Waals surface area contributed by atoms with Crippen LogP contribution in [0.15, 0.2) is 42.5 Å². The number of rotatable bonds is 7. The number of carbonyl (C=O) groups excluding carboxylic acids is 1. The maximum absolute atomic E-state index is 12.8. The van der Waals surface area contributed by atoms with E-state index in [9.17, 15) is 14.9 Å². The van der Waals surface area contributed by atoms with Crippen molar-refractivity contribution in [3.05, 3.63) is 75.0 Å². The minimum absolute atomic E-state index is 0.0798. The average molecular weight is 422 g/mol. The number of nitrogens with zero attached hydrogens (tertiary/aromatic N) is 3. The van der Waals surface area contributed by atoms with Gasteiger partial charge in [0.15, 0.2) is 5.69 Å². The summed E-state index contributed by atoms with van der Waals surface area (Å²) < 4.78 is 7.56. The Morgan fingerprint density at radius 1 is 1.13 bits per heavy atom. The van der Waals surface area contributed by atoms with Gasteiger partial charge in [0.05, 0.1) is 10.6 Å². The molecule has 0 atom stereocenters. The molecule has 162 valence electrons. The molecule has 0 spiro atoms. The first-order chi connectivity index (χ1) is 14.7. The molecule has 8 heteroatoms. The van der Waals surface area contributed by atoms with E-state index in [-0.39, 0.29) is 34.8 Å². The number of aryl methyl sites for hydroxylation is 1. The fourth-order valence-electron chi connectivity index (χ4n) is 3.12. The van der Waals surface area contributed by atoms with Gasteiger partial charge in [-0.3, -0.25) is 14.9 Å². The van der Waals surface area contributed by atoms with Crippen LogP contribution in [-0.2, 0) is 0 Å². The van der Waals surface area contributed by atoms with Gasteiger partial charge in [-0.25, -0.2) is 0 Å². The Balaban J connectivity index is 2.15. The Morgan fingerprint density at radius 2 is 1.84 bits per heavy atom. The van der Waals surface area contributed by atoms with Crippen LogP contribution in [0.5, 0.6) is 11.6 Å². The fraction of sp³-hybridized carbons (Fsp3) is 0.304. The lowest BCUT2D eigenvalue weighted by Gasteiger charge is -2.13. The zero-order chi connectivity index (χ0) is 22.7. The molecule has 0 aliphatic heterocycles. The second-order valence-corrected chi connectivity index (χ2v) is 7.84. The molecule has 0 saturated carbocycles. The molecule has 8 nitrogen and oxygen atoms in total. The van der Waals surface area contributed by atoms with Crippen LogP contribution in [0.4, 0.5) is 5.69 Å². The molecule has 1 N–H and O–H groups in total. The number of nitrogens with one attached hydrogen (secondary N) is 1. The summed E-state index contributed by atoms with van der Waals surface area (Å²) in [6, 6.07) is 11.9. The number of hydrogen-bond donors (Lipinski definition) is 1. The lowest BCUT2D eigenvalue weighted by atomic mass is 10.1. The standard InChI is InChI=1S/C23H26N4O4/c1-14(2)13-24-22(28)21-17(5)23(31-20-12-7-6-10-19(20)27(29)30)26(25-21)18-11-8-9-15(3)16(18)4/h6-12,14H,13H2,1-5H3,(H,24,28). The molecule has 1 aromatic heterocycles. The summed E-state index contributed by atoms with van der Waals surface area (Å²) >= 11 is 0. The predicted molar refractivity (Wildman–Crippen MR) is 118 cm³/mol. The van der Waals surface area contributed by atoms with Crippen LogP contribution in [0.3, 0.4) is 0 Å². The van der Waals surface area contributed by atoms with Gasteiger partial charge < -0.3 is 10.1 Å². The second-order valence-electron chi connectivity index (χ2n) is 7.84. The summed E-state index contributed by atoms with van der Waals surface area (Å²) in [4.78, 5) is 23.7. The maximum atomic E-state index is 12.8. The molecule has 0 aliphatic carbocycles. The minimum Gasteiger partial charge on any atom is -0.431 e. The van der Waals surface area contributed by atoms with Crippen molar-refractivity contribution in [3.63, 3.8) is 0 Å². The lowest BCUT2D eigenvalue weighted by Crippen LogP contribution is -2.28. The van der Waals surface area contributed by atoms with Gasteiger partial charge in [0.2, 0.25) is 11.6 Å². The van der Waals surface area contributed by atoms with Crippen molar-refractivity contribution in [1.29, 1.82) is 0 Å². The van der Waals surface area contributed by atoms with E-state index in [0.29, 0.717) is 12.1 Å². The Kier molecular flexibility index (Phi) is 6.39. The highest BCUT2D eigenvalue weighted by Gasteiger charge is 2.26. The van der Waals surface area contributed by atoms with Crippen LogP contribution in [0.1, 0.15) is 41.0 Å². The summed E-state index contributed by atoms with van der Waals surface area (Å²) in [7, 11) is 0. The van der Waals surface area contributed by atoms with Crippen LogP contribution >= 0.6 is 0 Å². The molecule has 0 saturated heterocycles. The highest BCUT2D eigenvalue weighted by molar-refractivity contribution is 5.94. The third-order valence-electron chi connectivity index (χ3n) is 5.03.